The van der Waals surface area contributed by atoms with Crippen molar-refractivity contribution in [3.8, 4) is 11.5 Å². The third-order valence-electron chi connectivity index (χ3n) is 5.61. The summed E-state index contributed by atoms with van der Waals surface area (Å²) in [5.74, 6) is -5.99. The zero-order chi connectivity index (χ0) is 24.8. The Labute approximate surface area is 198 Å². The number of rotatable bonds is 3. The summed E-state index contributed by atoms with van der Waals surface area (Å²) >= 11 is 3.09. The number of nitrogens with two attached hydrogens (primary N) is 2. The number of ether oxygens (including phenoxy) is 1. The van der Waals surface area contributed by atoms with Crippen LogP contribution >= 0.6 is 15.9 Å². The molecule has 0 bridgehead atoms. The van der Waals surface area contributed by atoms with Gasteiger partial charge >= 0.3 is 6.18 Å². The molecule has 1 aliphatic heterocycles. The lowest BCUT2D eigenvalue weighted by Crippen LogP contribution is -2.58. The quantitative estimate of drug-likeness (QED) is 0.474. The highest BCUT2D eigenvalue weighted by Crippen LogP contribution is 2.46. The fourth-order valence-electron chi connectivity index (χ4n) is 4.21. The van der Waals surface area contributed by atoms with Crippen LogP contribution < -0.4 is 21.1 Å². The van der Waals surface area contributed by atoms with Crippen molar-refractivity contribution >= 4 is 33.5 Å². The zero-order valence-electron chi connectivity index (χ0n) is 17.4. The van der Waals surface area contributed by atoms with Crippen LogP contribution in [-0.4, -0.2) is 17.6 Å². The van der Waals surface area contributed by atoms with Gasteiger partial charge in [0.05, 0.1) is 5.56 Å². The molecule has 0 radical (unpaired) electrons. The van der Waals surface area contributed by atoms with Crippen LogP contribution in [0.3, 0.4) is 0 Å². The van der Waals surface area contributed by atoms with Crippen LogP contribution in [0.5, 0.6) is 11.5 Å². The average molecular weight is 550 g/mol. The fraction of sp³-hybridized carbons (Fsp3) is 0.333. The van der Waals surface area contributed by atoms with Gasteiger partial charge in [-0.2, -0.15) is 18.2 Å². The van der Waals surface area contributed by atoms with E-state index < -0.39 is 46.4 Å². The van der Waals surface area contributed by atoms with Gasteiger partial charge in [-0.15, -0.1) is 0 Å². The Morgan fingerprint density at radius 3 is 2.15 bits per heavy atom. The maximum Gasteiger partial charge on any atom is 0.416 e. The molecule has 2 aromatic rings. The van der Waals surface area contributed by atoms with Gasteiger partial charge in [0.1, 0.15) is 11.4 Å². The molecular formula is C21H18BrF6N5O. The van der Waals surface area contributed by atoms with E-state index in [0.29, 0.717) is 12.8 Å². The van der Waals surface area contributed by atoms with Gasteiger partial charge in [-0.3, -0.25) is 4.90 Å². The normalized spacial score (nSPS) is 18.0. The molecule has 0 saturated heterocycles. The summed E-state index contributed by atoms with van der Waals surface area (Å²) in [5, 5.41) is 0. The van der Waals surface area contributed by atoms with E-state index in [4.69, 9.17) is 16.2 Å². The van der Waals surface area contributed by atoms with Crippen LogP contribution in [0.2, 0.25) is 0 Å². The number of guanidine groups is 2. The number of nitrogens with zero attached hydrogens (tertiary/aromatic N) is 3. The van der Waals surface area contributed by atoms with Crippen molar-refractivity contribution in [2.45, 2.75) is 43.9 Å². The lowest BCUT2D eigenvalue weighted by molar-refractivity contribution is -0.138. The van der Waals surface area contributed by atoms with Crippen molar-refractivity contribution in [2.24, 2.45) is 21.5 Å². The van der Waals surface area contributed by atoms with Gasteiger partial charge in [-0.1, -0.05) is 22.4 Å². The predicted molar refractivity (Wildman–Crippen MR) is 117 cm³/mol. The lowest BCUT2D eigenvalue weighted by atomic mass is 9.87. The van der Waals surface area contributed by atoms with E-state index in [-0.39, 0.29) is 34.2 Å². The minimum atomic E-state index is -4.97. The molecule has 0 amide bonds. The van der Waals surface area contributed by atoms with Crippen LogP contribution in [0, 0.1) is 17.5 Å². The Hall–Kier alpha value is -2.96. The minimum absolute atomic E-state index is 0.0940. The number of halogens is 7. The molecule has 0 aromatic heterocycles. The molecule has 0 unspecified atom stereocenters. The van der Waals surface area contributed by atoms with Gasteiger partial charge in [0, 0.05) is 4.47 Å². The summed E-state index contributed by atoms with van der Waals surface area (Å²) in [6.45, 7) is 0. The minimum Gasteiger partial charge on any atom is -0.449 e. The second-order valence-electron chi connectivity index (χ2n) is 7.92. The summed E-state index contributed by atoms with van der Waals surface area (Å²) in [6.07, 6.45) is -1.77. The smallest absolute Gasteiger partial charge is 0.416 e. The standard InChI is InChI=1S/C21H18BrF6N5O/c22-11-8-12(23)16(33-19(30)31-18(29)32-20(33)4-2-1-3-5-20)15(9-11)34-17-13(24)6-10(7-14(17)25)21(26,27)28/h6-9H,1-5H2,(H4,29,30,31,32). The largest absolute Gasteiger partial charge is 0.449 e. The van der Waals surface area contributed by atoms with E-state index in [1.54, 1.807) is 0 Å². The molecule has 34 heavy (non-hydrogen) atoms. The van der Waals surface area contributed by atoms with Crippen molar-refractivity contribution in [1.29, 1.82) is 0 Å². The molecule has 2 aromatic carbocycles. The number of hydrogen-bond acceptors (Lipinski definition) is 6. The molecule has 4 N–H and O–H groups in total. The number of hydrogen-bond donors (Lipinski definition) is 2. The molecule has 1 aliphatic carbocycles. The van der Waals surface area contributed by atoms with E-state index in [9.17, 15) is 22.0 Å². The lowest BCUT2D eigenvalue weighted by Gasteiger charge is -2.45. The molecule has 4 rings (SSSR count). The van der Waals surface area contributed by atoms with Gasteiger partial charge < -0.3 is 16.2 Å². The summed E-state index contributed by atoms with van der Waals surface area (Å²) in [5.41, 5.74) is 8.95. The van der Waals surface area contributed by atoms with E-state index in [2.05, 4.69) is 25.9 Å². The van der Waals surface area contributed by atoms with Crippen molar-refractivity contribution < 1.29 is 31.1 Å². The first kappa shape index (κ1) is 24.2. The Morgan fingerprint density at radius 2 is 1.56 bits per heavy atom. The first-order chi connectivity index (χ1) is 15.9. The Bertz CT molecular complexity index is 1170. The molecule has 1 spiro atoms. The molecule has 6 nitrogen and oxygen atoms in total. The van der Waals surface area contributed by atoms with Crippen LogP contribution in [-0.2, 0) is 6.18 Å². The SMILES string of the molecule is NC1=NC2(CCCCC2)N(c2c(F)cc(Br)cc2Oc2c(F)cc(C(F)(F)F)cc2F)C(N)=N1. The Morgan fingerprint density at radius 1 is 0.941 bits per heavy atom. The van der Waals surface area contributed by atoms with E-state index in [1.807, 2.05) is 0 Å². The van der Waals surface area contributed by atoms with Gasteiger partial charge in [-0.05, 0) is 49.9 Å². The van der Waals surface area contributed by atoms with Crippen LogP contribution in [0.1, 0.15) is 37.7 Å². The van der Waals surface area contributed by atoms with Crippen molar-refractivity contribution in [3.63, 3.8) is 0 Å². The number of alkyl halides is 3. The van der Waals surface area contributed by atoms with Gasteiger partial charge in [0.2, 0.25) is 11.9 Å². The first-order valence-electron chi connectivity index (χ1n) is 10.1. The van der Waals surface area contributed by atoms with Gasteiger partial charge in [0.15, 0.2) is 29.0 Å². The van der Waals surface area contributed by atoms with Crippen molar-refractivity contribution in [2.75, 3.05) is 4.90 Å². The first-order valence-corrected chi connectivity index (χ1v) is 10.9. The molecule has 1 fully saturated rings. The highest BCUT2D eigenvalue weighted by atomic mass is 79.9. The highest BCUT2D eigenvalue weighted by Gasteiger charge is 2.45. The highest BCUT2D eigenvalue weighted by molar-refractivity contribution is 9.10. The molecule has 1 heterocycles. The zero-order valence-corrected chi connectivity index (χ0v) is 19.0. The number of benzene rings is 2. The summed E-state index contributed by atoms with van der Waals surface area (Å²) in [4.78, 5) is 9.59. The van der Waals surface area contributed by atoms with E-state index >= 15 is 4.39 Å². The second kappa shape index (κ2) is 8.67. The average Bonchev–Trinajstić information content (AvgIpc) is 2.71. The molecular weight excluding hydrogens is 532 g/mol. The maximum atomic E-state index is 15.3. The molecule has 0 atom stereocenters. The second-order valence-corrected chi connectivity index (χ2v) is 8.84. The topological polar surface area (TPSA) is 89.2 Å². The molecule has 2 aliphatic rings. The third kappa shape index (κ3) is 4.40. The van der Waals surface area contributed by atoms with Gasteiger partial charge in [-0.25, -0.2) is 18.2 Å². The van der Waals surface area contributed by atoms with Crippen LogP contribution in [0.15, 0.2) is 38.7 Å². The molecule has 13 heteroatoms. The van der Waals surface area contributed by atoms with Crippen LogP contribution in [0.25, 0.3) is 0 Å². The Kier molecular flexibility index (Phi) is 6.17. The summed E-state index contributed by atoms with van der Waals surface area (Å²) < 4.78 is 88.6. The van der Waals surface area contributed by atoms with E-state index in [1.165, 1.54) is 11.0 Å². The van der Waals surface area contributed by atoms with Gasteiger partial charge in [0.25, 0.3) is 0 Å². The van der Waals surface area contributed by atoms with E-state index in [0.717, 1.165) is 25.3 Å². The summed E-state index contributed by atoms with van der Waals surface area (Å²) in [6, 6.07) is 2.47. The molecule has 1 saturated carbocycles. The number of anilines is 1. The predicted octanol–water partition coefficient (Wildman–Crippen LogP) is 5.79. The monoisotopic (exact) mass is 549 g/mol. The van der Waals surface area contributed by atoms with Crippen molar-refractivity contribution in [1.82, 2.24) is 0 Å². The number of aliphatic imine (C=N–C) groups is 2. The fourth-order valence-corrected chi connectivity index (χ4v) is 4.62. The third-order valence-corrected chi connectivity index (χ3v) is 6.06. The van der Waals surface area contributed by atoms with Crippen LogP contribution in [0.4, 0.5) is 32.0 Å². The van der Waals surface area contributed by atoms with Crippen molar-refractivity contribution in [3.05, 3.63) is 51.8 Å². The Balaban J connectivity index is 1.86. The summed E-state index contributed by atoms with van der Waals surface area (Å²) in [7, 11) is 0. The molecule has 182 valence electrons. The maximum absolute atomic E-state index is 15.3.